The number of ketones is 1. The van der Waals surface area contributed by atoms with Gasteiger partial charge in [-0.2, -0.15) is 0 Å². The van der Waals surface area contributed by atoms with Crippen LogP contribution < -0.4 is 0 Å². The van der Waals surface area contributed by atoms with Gasteiger partial charge in [0, 0.05) is 0 Å². The number of carbonyl (C=O) groups is 1. The summed E-state index contributed by atoms with van der Waals surface area (Å²) < 4.78 is 0. The van der Waals surface area contributed by atoms with E-state index in [0.29, 0.717) is 0 Å². The fourth-order valence-corrected chi connectivity index (χ4v) is 1.15. The summed E-state index contributed by atoms with van der Waals surface area (Å²) >= 11 is 0. The van der Waals surface area contributed by atoms with E-state index in [9.17, 15) is 4.79 Å². The van der Waals surface area contributed by atoms with Gasteiger partial charge in [0.25, 0.3) is 0 Å². The molecule has 1 aromatic rings. The molecule has 0 aliphatic rings. The molecule has 68 valence electrons. The summed E-state index contributed by atoms with van der Waals surface area (Å²) in [5, 5.41) is 0. The van der Waals surface area contributed by atoms with Crippen LogP contribution in [0.4, 0.5) is 0 Å². The van der Waals surface area contributed by atoms with Crippen LogP contribution in [0.15, 0.2) is 24.3 Å². The Balaban J connectivity index is 3.00. The van der Waals surface area contributed by atoms with E-state index in [2.05, 4.69) is 18.2 Å². The molecule has 0 saturated heterocycles. The van der Waals surface area contributed by atoms with Crippen molar-refractivity contribution < 1.29 is 4.79 Å². The molecule has 0 aromatic heterocycles. The summed E-state index contributed by atoms with van der Waals surface area (Å²) in [5.41, 5.74) is 3.53. The Morgan fingerprint density at radius 1 is 1.31 bits per heavy atom. The van der Waals surface area contributed by atoms with Gasteiger partial charge in [0.05, 0.1) is 0 Å². The highest BCUT2D eigenvalue weighted by atomic mass is 16.1. The van der Waals surface area contributed by atoms with Crippen molar-refractivity contribution >= 4 is 11.9 Å². The van der Waals surface area contributed by atoms with Crippen molar-refractivity contribution in [2.45, 2.75) is 20.8 Å². The van der Waals surface area contributed by atoms with E-state index in [1.807, 2.05) is 19.9 Å². The Hall–Kier alpha value is -1.37. The molecule has 13 heavy (non-hydrogen) atoms. The molecule has 0 N–H and O–H groups in total. The number of carbonyl (C=O) groups excluding carboxylic acids is 1. The van der Waals surface area contributed by atoms with Crippen molar-refractivity contribution in [1.82, 2.24) is 0 Å². The molecule has 0 aliphatic heterocycles. The van der Waals surface area contributed by atoms with Gasteiger partial charge >= 0.3 is 0 Å². The molecule has 1 heteroatoms. The molecular formula is C12H14O. The van der Waals surface area contributed by atoms with Crippen LogP contribution in [0.5, 0.6) is 0 Å². The fourth-order valence-electron chi connectivity index (χ4n) is 1.15. The monoisotopic (exact) mass is 174 g/mol. The second-order valence-corrected chi connectivity index (χ2v) is 3.30. The summed E-state index contributed by atoms with van der Waals surface area (Å²) in [6.45, 7) is 5.64. The second-order valence-electron chi connectivity index (χ2n) is 3.30. The largest absolute Gasteiger partial charge is 0.295 e. The van der Waals surface area contributed by atoms with Crippen LogP contribution >= 0.6 is 0 Å². The maximum atomic E-state index is 10.7. The number of benzene rings is 1. The maximum absolute atomic E-state index is 10.7. The lowest BCUT2D eigenvalue weighted by Crippen LogP contribution is -1.84. The van der Waals surface area contributed by atoms with Crippen LogP contribution in [0.2, 0.25) is 0 Å². The zero-order valence-corrected chi connectivity index (χ0v) is 8.29. The van der Waals surface area contributed by atoms with Crippen molar-refractivity contribution in [1.29, 1.82) is 0 Å². The summed E-state index contributed by atoms with van der Waals surface area (Å²) in [5.74, 6) is 0.0842. The number of aryl methyl sites for hydroxylation is 2. The van der Waals surface area contributed by atoms with Crippen molar-refractivity contribution in [3.05, 3.63) is 41.0 Å². The molecule has 0 amide bonds. The van der Waals surface area contributed by atoms with Gasteiger partial charge in [-0.25, -0.2) is 0 Å². The molecule has 0 fully saturated rings. The Morgan fingerprint density at radius 2 is 2.00 bits per heavy atom. The quantitative estimate of drug-likeness (QED) is 0.630. The van der Waals surface area contributed by atoms with Crippen molar-refractivity contribution in [3.63, 3.8) is 0 Å². The molecule has 1 aromatic carbocycles. The Kier molecular flexibility index (Phi) is 3.02. The van der Waals surface area contributed by atoms with Crippen LogP contribution in [-0.2, 0) is 4.79 Å². The van der Waals surface area contributed by atoms with Gasteiger partial charge in [0.15, 0.2) is 5.78 Å². The van der Waals surface area contributed by atoms with Gasteiger partial charge in [-0.05, 0) is 38.0 Å². The molecule has 0 spiro atoms. The zero-order valence-electron chi connectivity index (χ0n) is 8.29. The SMILES string of the molecule is CC(=O)/C=C\c1cc(C)ccc1C. The van der Waals surface area contributed by atoms with Crippen LogP contribution in [-0.4, -0.2) is 5.78 Å². The van der Waals surface area contributed by atoms with Crippen molar-refractivity contribution in [3.8, 4) is 0 Å². The Labute approximate surface area is 79.1 Å². The second kappa shape index (κ2) is 4.04. The molecular weight excluding hydrogens is 160 g/mol. The predicted octanol–water partition coefficient (Wildman–Crippen LogP) is 2.91. The molecule has 0 unspecified atom stereocenters. The third kappa shape index (κ3) is 2.86. The van der Waals surface area contributed by atoms with E-state index >= 15 is 0 Å². The van der Waals surface area contributed by atoms with E-state index < -0.39 is 0 Å². The van der Waals surface area contributed by atoms with E-state index in [-0.39, 0.29) is 5.78 Å². The zero-order chi connectivity index (χ0) is 9.84. The first-order chi connectivity index (χ1) is 6.09. The van der Waals surface area contributed by atoms with E-state index in [4.69, 9.17) is 0 Å². The number of hydrogen-bond donors (Lipinski definition) is 0. The molecule has 0 saturated carbocycles. The smallest absolute Gasteiger partial charge is 0.152 e. The molecule has 1 rings (SSSR count). The van der Waals surface area contributed by atoms with Gasteiger partial charge < -0.3 is 0 Å². The Morgan fingerprint density at radius 3 is 2.62 bits per heavy atom. The van der Waals surface area contributed by atoms with E-state index in [1.54, 1.807) is 13.0 Å². The lowest BCUT2D eigenvalue weighted by Gasteiger charge is -2.00. The summed E-state index contributed by atoms with van der Waals surface area (Å²) in [6, 6.07) is 6.21. The first-order valence-corrected chi connectivity index (χ1v) is 4.35. The lowest BCUT2D eigenvalue weighted by molar-refractivity contribution is -0.112. The van der Waals surface area contributed by atoms with Crippen molar-refractivity contribution in [2.24, 2.45) is 0 Å². The van der Waals surface area contributed by atoms with Gasteiger partial charge in [-0.1, -0.05) is 29.8 Å². The van der Waals surface area contributed by atoms with Crippen LogP contribution in [0.25, 0.3) is 6.08 Å². The average molecular weight is 174 g/mol. The van der Waals surface area contributed by atoms with Gasteiger partial charge in [0.1, 0.15) is 0 Å². The highest BCUT2D eigenvalue weighted by Crippen LogP contribution is 2.12. The number of hydrogen-bond acceptors (Lipinski definition) is 1. The molecule has 0 radical (unpaired) electrons. The van der Waals surface area contributed by atoms with Gasteiger partial charge in [-0.15, -0.1) is 0 Å². The fraction of sp³-hybridized carbons (Fsp3) is 0.250. The van der Waals surface area contributed by atoms with Gasteiger partial charge in [0.2, 0.25) is 0 Å². The normalized spacial score (nSPS) is 10.7. The van der Waals surface area contributed by atoms with Crippen molar-refractivity contribution in [2.75, 3.05) is 0 Å². The van der Waals surface area contributed by atoms with E-state index in [0.717, 1.165) is 5.56 Å². The molecule has 0 bridgehead atoms. The first-order valence-electron chi connectivity index (χ1n) is 4.35. The molecule has 0 aliphatic carbocycles. The first kappa shape index (κ1) is 9.72. The minimum absolute atomic E-state index is 0.0842. The average Bonchev–Trinajstić information content (AvgIpc) is 2.06. The molecule has 0 atom stereocenters. The van der Waals surface area contributed by atoms with Crippen LogP contribution in [0, 0.1) is 13.8 Å². The third-order valence-corrected chi connectivity index (χ3v) is 1.93. The topological polar surface area (TPSA) is 17.1 Å². The molecule has 0 heterocycles. The Bertz CT molecular complexity index is 348. The summed E-state index contributed by atoms with van der Waals surface area (Å²) in [4.78, 5) is 10.7. The standard InChI is InChI=1S/C12H14O/c1-9-4-5-10(2)12(8-9)7-6-11(3)13/h4-8H,1-3H3/b7-6-. The highest BCUT2D eigenvalue weighted by Gasteiger charge is 1.94. The van der Waals surface area contributed by atoms with Gasteiger partial charge in [-0.3, -0.25) is 4.79 Å². The van der Waals surface area contributed by atoms with E-state index in [1.165, 1.54) is 11.1 Å². The lowest BCUT2D eigenvalue weighted by atomic mass is 10.1. The summed E-state index contributed by atoms with van der Waals surface area (Å²) in [7, 11) is 0. The number of rotatable bonds is 2. The predicted molar refractivity (Wildman–Crippen MR) is 55.6 cm³/mol. The van der Waals surface area contributed by atoms with Crippen LogP contribution in [0.3, 0.4) is 0 Å². The highest BCUT2D eigenvalue weighted by molar-refractivity contribution is 5.91. The minimum atomic E-state index is 0.0842. The number of allylic oxidation sites excluding steroid dienone is 1. The third-order valence-electron chi connectivity index (χ3n) is 1.93. The summed E-state index contributed by atoms with van der Waals surface area (Å²) in [6.07, 6.45) is 3.46. The molecule has 1 nitrogen and oxygen atoms in total. The minimum Gasteiger partial charge on any atom is -0.295 e. The maximum Gasteiger partial charge on any atom is 0.152 e. The van der Waals surface area contributed by atoms with Crippen LogP contribution in [0.1, 0.15) is 23.6 Å².